The highest BCUT2D eigenvalue weighted by Crippen LogP contribution is 2.10. The number of carbonyl (C=O) groups is 2. The van der Waals surface area contributed by atoms with Crippen LogP contribution in [0, 0.1) is 0 Å². The molecule has 6 heteroatoms. The number of nitrogens with one attached hydrogen (secondary N) is 2. The van der Waals surface area contributed by atoms with E-state index in [1.54, 1.807) is 18.9 Å². The first-order chi connectivity index (χ1) is 9.69. The van der Waals surface area contributed by atoms with Crippen LogP contribution >= 0.6 is 0 Å². The van der Waals surface area contributed by atoms with Gasteiger partial charge in [-0.25, -0.2) is 0 Å². The van der Waals surface area contributed by atoms with Gasteiger partial charge in [0.1, 0.15) is 0 Å². The molecule has 0 bridgehead atoms. The Hall–Kier alpha value is -1.14. The van der Waals surface area contributed by atoms with Gasteiger partial charge in [0.05, 0.1) is 18.7 Å². The summed E-state index contributed by atoms with van der Waals surface area (Å²) in [5.41, 5.74) is -0.261. The van der Waals surface area contributed by atoms with Crippen LogP contribution in [0.15, 0.2) is 0 Å². The van der Waals surface area contributed by atoms with Crippen LogP contribution < -0.4 is 10.6 Å². The lowest BCUT2D eigenvalue weighted by molar-refractivity contribution is -0.128. The van der Waals surface area contributed by atoms with E-state index in [4.69, 9.17) is 4.74 Å². The van der Waals surface area contributed by atoms with Gasteiger partial charge < -0.3 is 15.4 Å². The first kappa shape index (κ1) is 17.9. The summed E-state index contributed by atoms with van der Waals surface area (Å²) in [4.78, 5) is 25.7. The van der Waals surface area contributed by atoms with Gasteiger partial charge in [-0.3, -0.25) is 14.5 Å². The van der Waals surface area contributed by atoms with Crippen molar-refractivity contribution in [1.82, 2.24) is 15.5 Å². The molecular formula is C15H29N3O3. The van der Waals surface area contributed by atoms with E-state index in [0.29, 0.717) is 6.54 Å². The van der Waals surface area contributed by atoms with Gasteiger partial charge in [-0.05, 0) is 47.6 Å². The van der Waals surface area contributed by atoms with Crippen LogP contribution in [-0.4, -0.2) is 61.1 Å². The molecule has 0 aromatic rings. The predicted molar refractivity (Wildman–Crippen MR) is 82.0 cm³/mol. The van der Waals surface area contributed by atoms with E-state index in [-0.39, 0.29) is 36.0 Å². The number of ether oxygens (including phenoxy) is 1. The van der Waals surface area contributed by atoms with E-state index in [1.165, 1.54) is 0 Å². The Kier molecular flexibility index (Phi) is 6.61. The SMILES string of the molecule is CC(C(=O)NCC1CCCO1)N(C)CC(=O)NC(C)(C)C. The molecule has 0 radical (unpaired) electrons. The minimum absolute atomic E-state index is 0.0726. The standard InChI is InChI=1S/C15H29N3O3/c1-11(14(20)16-9-12-7-6-8-21-12)18(5)10-13(19)17-15(2,3)4/h11-12H,6-10H2,1-5H3,(H,16,20)(H,17,19). The second-order valence-electron chi connectivity index (χ2n) is 6.77. The van der Waals surface area contributed by atoms with Crippen molar-refractivity contribution in [1.29, 1.82) is 0 Å². The Balaban J connectivity index is 2.32. The number of carbonyl (C=O) groups excluding carboxylic acids is 2. The van der Waals surface area contributed by atoms with Crippen molar-refractivity contribution >= 4 is 11.8 Å². The van der Waals surface area contributed by atoms with Gasteiger partial charge in [0, 0.05) is 18.7 Å². The fourth-order valence-corrected chi connectivity index (χ4v) is 2.19. The van der Waals surface area contributed by atoms with Gasteiger partial charge in [0.15, 0.2) is 0 Å². The quantitative estimate of drug-likeness (QED) is 0.750. The van der Waals surface area contributed by atoms with E-state index in [2.05, 4.69) is 10.6 Å². The maximum atomic E-state index is 12.1. The summed E-state index contributed by atoms with van der Waals surface area (Å²) >= 11 is 0. The summed E-state index contributed by atoms with van der Waals surface area (Å²) in [6, 6.07) is -0.350. The average Bonchev–Trinajstić information content (AvgIpc) is 2.85. The lowest BCUT2D eigenvalue weighted by Gasteiger charge is -2.26. The van der Waals surface area contributed by atoms with Crippen LogP contribution in [0.4, 0.5) is 0 Å². The zero-order chi connectivity index (χ0) is 16.0. The molecule has 1 rings (SSSR count). The Morgan fingerprint density at radius 1 is 1.38 bits per heavy atom. The Bertz CT molecular complexity index is 360. The summed E-state index contributed by atoms with van der Waals surface area (Å²) in [6.07, 6.45) is 2.19. The maximum absolute atomic E-state index is 12.1. The van der Waals surface area contributed by atoms with Gasteiger partial charge in [-0.1, -0.05) is 0 Å². The van der Waals surface area contributed by atoms with Crippen molar-refractivity contribution in [2.24, 2.45) is 0 Å². The number of hydrogen-bond acceptors (Lipinski definition) is 4. The first-order valence-corrected chi connectivity index (χ1v) is 7.59. The van der Waals surface area contributed by atoms with Crippen LogP contribution in [0.25, 0.3) is 0 Å². The van der Waals surface area contributed by atoms with Gasteiger partial charge in [0.2, 0.25) is 11.8 Å². The fraction of sp³-hybridized carbons (Fsp3) is 0.867. The summed E-state index contributed by atoms with van der Waals surface area (Å²) in [5, 5.41) is 5.78. The zero-order valence-electron chi connectivity index (χ0n) is 13.9. The highest BCUT2D eigenvalue weighted by atomic mass is 16.5. The van der Waals surface area contributed by atoms with Crippen molar-refractivity contribution in [3.8, 4) is 0 Å². The molecule has 0 aromatic heterocycles. The van der Waals surface area contributed by atoms with Gasteiger partial charge >= 0.3 is 0 Å². The molecule has 1 fully saturated rings. The van der Waals surface area contributed by atoms with Crippen LogP contribution in [0.2, 0.25) is 0 Å². The molecule has 2 N–H and O–H groups in total. The molecule has 1 saturated heterocycles. The molecule has 2 atom stereocenters. The van der Waals surface area contributed by atoms with E-state index < -0.39 is 0 Å². The fourth-order valence-electron chi connectivity index (χ4n) is 2.19. The molecule has 1 aliphatic heterocycles. The minimum atomic E-state index is -0.350. The van der Waals surface area contributed by atoms with Crippen molar-refractivity contribution < 1.29 is 14.3 Å². The molecular weight excluding hydrogens is 270 g/mol. The minimum Gasteiger partial charge on any atom is -0.376 e. The third-order valence-corrected chi connectivity index (χ3v) is 3.48. The Labute approximate surface area is 127 Å². The Morgan fingerprint density at radius 3 is 2.57 bits per heavy atom. The molecule has 1 aliphatic rings. The lowest BCUT2D eigenvalue weighted by atomic mass is 10.1. The molecule has 1 heterocycles. The van der Waals surface area contributed by atoms with Gasteiger partial charge in [-0.2, -0.15) is 0 Å². The summed E-state index contributed by atoms with van der Waals surface area (Å²) < 4.78 is 5.47. The van der Waals surface area contributed by atoms with Crippen LogP contribution in [0.5, 0.6) is 0 Å². The Morgan fingerprint density at radius 2 is 2.05 bits per heavy atom. The van der Waals surface area contributed by atoms with Crippen LogP contribution in [0.1, 0.15) is 40.5 Å². The number of nitrogens with zero attached hydrogens (tertiary/aromatic N) is 1. The molecule has 6 nitrogen and oxygen atoms in total. The van der Waals surface area contributed by atoms with Crippen LogP contribution in [-0.2, 0) is 14.3 Å². The number of likely N-dealkylation sites (N-methyl/N-ethyl adjacent to an activating group) is 1. The summed E-state index contributed by atoms with van der Waals surface area (Å²) in [5.74, 6) is -0.152. The third kappa shape index (κ3) is 6.91. The highest BCUT2D eigenvalue weighted by Gasteiger charge is 2.23. The zero-order valence-corrected chi connectivity index (χ0v) is 13.9. The molecule has 2 amide bonds. The van der Waals surface area contributed by atoms with Crippen molar-refractivity contribution in [3.63, 3.8) is 0 Å². The maximum Gasteiger partial charge on any atom is 0.237 e. The molecule has 0 spiro atoms. The molecule has 2 unspecified atom stereocenters. The predicted octanol–water partition coefficient (Wildman–Crippen LogP) is 0.517. The molecule has 0 saturated carbocycles. The van der Waals surface area contributed by atoms with Crippen molar-refractivity contribution in [2.45, 2.75) is 58.2 Å². The summed E-state index contributed by atoms with van der Waals surface area (Å²) in [7, 11) is 1.78. The normalized spacial score (nSPS) is 20.4. The first-order valence-electron chi connectivity index (χ1n) is 7.59. The molecule has 0 aromatic carbocycles. The second kappa shape index (κ2) is 7.75. The van der Waals surface area contributed by atoms with Gasteiger partial charge in [0.25, 0.3) is 0 Å². The molecule has 122 valence electrons. The topological polar surface area (TPSA) is 70.7 Å². The van der Waals surface area contributed by atoms with E-state index in [0.717, 1.165) is 19.4 Å². The average molecular weight is 299 g/mol. The van der Waals surface area contributed by atoms with Crippen LogP contribution in [0.3, 0.4) is 0 Å². The van der Waals surface area contributed by atoms with E-state index in [1.807, 2.05) is 20.8 Å². The number of rotatable bonds is 6. The number of amides is 2. The van der Waals surface area contributed by atoms with Crippen molar-refractivity contribution in [3.05, 3.63) is 0 Å². The van der Waals surface area contributed by atoms with Crippen molar-refractivity contribution in [2.75, 3.05) is 26.7 Å². The summed E-state index contributed by atoms with van der Waals surface area (Å²) in [6.45, 7) is 9.13. The van der Waals surface area contributed by atoms with Gasteiger partial charge in [-0.15, -0.1) is 0 Å². The highest BCUT2D eigenvalue weighted by molar-refractivity contribution is 5.83. The third-order valence-electron chi connectivity index (χ3n) is 3.48. The van der Waals surface area contributed by atoms with E-state index >= 15 is 0 Å². The largest absolute Gasteiger partial charge is 0.376 e. The van der Waals surface area contributed by atoms with E-state index in [9.17, 15) is 9.59 Å². The molecule has 21 heavy (non-hydrogen) atoms. The monoisotopic (exact) mass is 299 g/mol. The smallest absolute Gasteiger partial charge is 0.237 e. The lowest BCUT2D eigenvalue weighted by Crippen LogP contribution is -2.50. The number of hydrogen-bond donors (Lipinski definition) is 2. The second-order valence-corrected chi connectivity index (χ2v) is 6.77. The molecule has 0 aliphatic carbocycles.